The number of rotatable bonds is 7. The molecule has 1 fully saturated rings. The Morgan fingerprint density at radius 1 is 1.25 bits per heavy atom. The second kappa shape index (κ2) is 7.41. The summed E-state index contributed by atoms with van der Waals surface area (Å²) in [7, 11) is 0. The van der Waals surface area contributed by atoms with Crippen molar-refractivity contribution in [3.63, 3.8) is 0 Å². The summed E-state index contributed by atoms with van der Waals surface area (Å²) in [5.41, 5.74) is 8.34. The molecule has 1 saturated heterocycles. The first-order valence-corrected chi connectivity index (χ1v) is 7.44. The van der Waals surface area contributed by atoms with E-state index in [2.05, 4.69) is 17.0 Å². The second-order valence-corrected chi connectivity index (χ2v) is 5.58. The van der Waals surface area contributed by atoms with Crippen LogP contribution in [0.2, 0.25) is 0 Å². The zero-order valence-electron chi connectivity index (χ0n) is 11.9. The van der Waals surface area contributed by atoms with E-state index in [9.17, 15) is 4.79 Å². The zero-order chi connectivity index (χ0) is 14.4. The van der Waals surface area contributed by atoms with E-state index in [1.54, 1.807) is 0 Å². The molecule has 0 radical (unpaired) electrons. The Morgan fingerprint density at radius 3 is 2.50 bits per heavy atom. The van der Waals surface area contributed by atoms with Crippen molar-refractivity contribution in [2.75, 3.05) is 19.6 Å². The largest absolute Gasteiger partial charge is 0.481 e. The number of likely N-dealkylation sites (tertiary alicyclic amines) is 1. The quantitative estimate of drug-likeness (QED) is 0.801. The van der Waals surface area contributed by atoms with Crippen molar-refractivity contribution in [3.8, 4) is 0 Å². The number of benzene rings is 1. The summed E-state index contributed by atoms with van der Waals surface area (Å²) in [6.07, 6.45) is 4.35. The number of nitrogens with two attached hydrogens (primary N) is 1. The van der Waals surface area contributed by atoms with Gasteiger partial charge in [0.25, 0.3) is 0 Å². The molecule has 0 aliphatic carbocycles. The smallest absolute Gasteiger partial charge is 0.303 e. The molecular formula is C16H24N2O2. The van der Waals surface area contributed by atoms with E-state index >= 15 is 0 Å². The summed E-state index contributed by atoms with van der Waals surface area (Å²) < 4.78 is 0. The van der Waals surface area contributed by atoms with Crippen molar-refractivity contribution in [3.05, 3.63) is 35.4 Å². The summed E-state index contributed by atoms with van der Waals surface area (Å²) in [5, 5.41) is 8.67. The Morgan fingerprint density at radius 2 is 1.90 bits per heavy atom. The molecule has 4 heteroatoms. The molecule has 0 amide bonds. The third-order valence-corrected chi connectivity index (χ3v) is 3.99. The fourth-order valence-electron chi connectivity index (χ4n) is 2.67. The highest BCUT2D eigenvalue weighted by Gasteiger charge is 2.11. The molecule has 0 saturated carbocycles. The van der Waals surface area contributed by atoms with Crippen molar-refractivity contribution in [1.82, 2.24) is 4.90 Å². The molecule has 3 N–H and O–H groups in total. The lowest BCUT2D eigenvalue weighted by atomic mass is 10.0. The van der Waals surface area contributed by atoms with E-state index in [1.165, 1.54) is 31.5 Å². The molecule has 20 heavy (non-hydrogen) atoms. The normalized spacial score (nSPS) is 17.2. The monoisotopic (exact) mass is 276 g/mol. The van der Waals surface area contributed by atoms with Gasteiger partial charge in [0.15, 0.2) is 0 Å². The Labute approximate surface area is 120 Å². The number of carbonyl (C=O) groups is 1. The average molecular weight is 276 g/mol. The zero-order valence-corrected chi connectivity index (χ0v) is 11.9. The maximum absolute atomic E-state index is 10.5. The lowest BCUT2D eigenvalue weighted by molar-refractivity contribution is -0.137. The molecule has 4 nitrogen and oxygen atoms in total. The van der Waals surface area contributed by atoms with E-state index in [1.807, 2.05) is 12.1 Å². The van der Waals surface area contributed by atoms with Gasteiger partial charge in [-0.3, -0.25) is 4.79 Å². The summed E-state index contributed by atoms with van der Waals surface area (Å²) in [6.45, 7) is 3.60. The molecule has 110 valence electrons. The lowest BCUT2D eigenvalue weighted by Crippen LogP contribution is -2.21. The molecule has 1 aliphatic rings. The van der Waals surface area contributed by atoms with Gasteiger partial charge in [0.2, 0.25) is 0 Å². The number of aliphatic carboxylic acids is 1. The first-order valence-electron chi connectivity index (χ1n) is 7.44. The van der Waals surface area contributed by atoms with Crippen LogP contribution in [0.25, 0.3) is 0 Å². The van der Waals surface area contributed by atoms with Gasteiger partial charge in [-0.05, 0) is 49.9 Å². The second-order valence-electron chi connectivity index (χ2n) is 5.58. The average Bonchev–Trinajstić information content (AvgIpc) is 2.96. The van der Waals surface area contributed by atoms with Gasteiger partial charge >= 0.3 is 5.97 Å². The topological polar surface area (TPSA) is 66.6 Å². The summed E-state index contributed by atoms with van der Waals surface area (Å²) in [5.74, 6) is -0.789. The minimum Gasteiger partial charge on any atom is -0.481 e. The highest BCUT2D eigenvalue weighted by molar-refractivity contribution is 5.66. The van der Waals surface area contributed by atoms with Gasteiger partial charge in [0, 0.05) is 19.0 Å². The Kier molecular flexibility index (Phi) is 5.56. The van der Waals surface area contributed by atoms with Gasteiger partial charge in [-0.2, -0.15) is 0 Å². The van der Waals surface area contributed by atoms with E-state index in [0.717, 1.165) is 18.5 Å². The molecule has 2 rings (SSSR count). The lowest BCUT2D eigenvalue weighted by Gasteiger charge is -2.15. The van der Waals surface area contributed by atoms with E-state index < -0.39 is 5.97 Å². The molecule has 1 unspecified atom stereocenters. The molecule has 1 heterocycles. The van der Waals surface area contributed by atoms with Gasteiger partial charge in [0.1, 0.15) is 0 Å². The van der Waals surface area contributed by atoms with E-state index in [0.29, 0.717) is 6.42 Å². The Bertz CT molecular complexity index is 425. The molecule has 1 aromatic carbocycles. The van der Waals surface area contributed by atoms with Crippen LogP contribution in [0.1, 0.15) is 42.9 Å². The van der Waals surface area contributed by atoms with Crippen LogP contribution >= 0.6 is 0 Å². The molecule has 0 bridgehead atoms. The maximum Gasteiger partial charge on any atom is 0.303 e. The molecule has 0 aromatic heterocycles. The predicted molar refractivity (Wildman–Crippen MR) is 79.6 cm³/mol. The van der Waals surface area contributed by atoms with Gasteiger partial charge in [-0.15, -0.1) is 0 Å². The summed E-state index contributed by atoms with van der Waals surface area (Å²) in [4.78, 5) is 13.0. The summed E-state index contributed by atoms with van der Waals surface area (Å²) >= 11 is 0. The first-order chi connectivity index (χ1) is 9.65. The van der Waals surface area contributed by atoms with Crippen LogP contribution in [0, 0.1) is 0 Å². The third kappa shape index (κ3) is 4.62. The highest BCUT2D eigenvalue weighted by Crippen LogP contribution is 2.17. The van der Waals surface area contributed by atoms with E-state index in [4.69, 9.17) is 10.8 Å². The van der Waals surface area contributed by atoms with Crippen LogP contribution in [-0.4, -0.2) is 35.6 Å². The minimum atomic E-state index is -0.789. The van der Waals surface area contributed by atoms with Crippen LogP contribution in [0.3, 0.4) is 0 Å². The third-order valence-electron chi connectivity index (χ3n) is 3.99. The van der Waals surface area contributed by atoms with Crippen molar-refractivity contribution < 1.29 is 9.90 Å². The number of carboxylic acids is 1. The Hall–Kier alpha value is -1.39. The molecule has 1 aliphatic heterocycles. The molecular weight excluding hydrogens is 252 g/mol. The Balaban J connectivity index is 1.80. The number of hydrogen-bond donors (Lipinski definition) is 2. The highest BCUT2D eigenvalue weighted by atomic mass is 16.4. The number of nitrogens with zero attached hydrogens (tertiary/aromatic N) is 1. The molecule has 1 atom stereocenters. The fraction of sp³-hybridized carbons (Fsp3) is 0.562. The standard InChI is InChI=1S/C16H24N2O2/c17-15(7-8-16(19)20)14-5-3-13(4-6-14)9-12-18-10-1-2-11-18/h3-6,15H,1-2,7-12,17H2,(H,19,20). The first kappa shape index (κ1) is 15.0. The maximum atomic E-state index is 10.5. The minimum absolute atomic E-state index is 0.123. The molecule has 0 spiro atoms. The van der Waals surface area contributed by atoms with E-state index in [-0.39, 0.29) is 12.5 Å². The predicted octanol–water partition coefficient (Wildman–Crippen LogP) is 2.19. The number of hydrogen-bond acceptors (Lipinski definition) is 3. The van der Waals surface area contributed by atoms with Crippen molar-refractivity contribution in [2.45, 2.75) is 38.1 Å². The van der Waals surface area contributed by atoms with Crippen molar-refractivity contribution >= 4 is 5.97 Å². The van der Waals surface area contributed by atoms with Crippen molar-refractivity contribution in [2.24, 2.45) is 5.73 Å². The van der Waals surface area contributed by atoms with Gasteiger partial charge in [-0.25, -0.2) is 0 Å². The van der Waals surface area contributed by atoms with Gasteiger partial charge in [-0.1, -0.05) is 24.3 Å². The molecule has 1 aromatic rings. The fourth-order valence-corrected chi connectivity index (χ4v) is 2.67. The van der Waals surface area contributed by atoms with Crippen LogP contribution in [0.4, 0.5) is 0 Å². The van der Waals surface area contributed by atoms with Gasteiger partial charge < -0.3 is 15.7 Å². The van der Waals surface area contributed by atoms with Crippen LogP contribution in [-0.2, 0) is 11.2 Å². The van der Waals surface area contributed by atoms with Crippen LogP contribution < -0.4 is 5.73 Å². The van der Waals surface area contributed by atoms with Crippen LogP contribution in [0.15, 0.2) is 24.3 Å². The summed E-state index contributed by atoms with van der Waals surface area (Å²) in [6, 6.07) is 8.12. The van der Waals surface area contributed by atoms with Crippen molar-refractivity contribution in [1.29, 1.82) is 0 Å². The number of carboxylic acid groups (broad SMARTS) is 1. The van der Waals surface area contributed by atoms with Crippen LogP contribution in [0.5, 0.6) is 0 Å². The van der Waals surface area contributed by atoms with Gasteiger partial charge in [0.05, 0.1) is 0 Å². The SMILES string of the molecule is NC(CCC(=O)O)c1ccc(CCN2CCCC2)cc1.